The Morgan fingerprint density at radius 1 is 1.14 bits per heavy atom. The molecule has 0 saturated carbocycles. The van der Waals surface area contributed by atoms with Crippen LogP contribution in [0.25, 0.3) is 0 Å². The topological polar surface area (TPSA) is 59.6 Å². The molecule has 1 aromatic carbocycles. The van der Waals surface area contributed by atoms with Crippen molar-refractivity contribution in [3.05, 3.63) is 53.9 Å². The van der Waals surface area contributed by atoms with Crippen LogP contribution in [0.2, 0.25) is 0 Å². The van der Waals surface area contributed by atoms with Gasteiger partial charge in [0.25, 0.3) is 0 Å². The molecule has 21 heavy (non-hydrogen) atoms. The molecule has 110 valence electrons. The number of methoxy groups -OCH3 is 2. The summed E-state index contributed by atoms with van der Waals surface area (Å²) in [7, 11) is 3.22. The molecule has 2 rings (SSSR count). The first-order valence-corrected chi connectivity index (χ1v) is 6.52. The van der Waals surface area contributed by atoms with Crippen molar-refractivity contribution in [1.29, 1.82) is 0 Å². The van der Waals surface area contributed by atoms with Crippen LogP contribution in [0.1, 0.15) is 11.1 Å². The lowest BCUT2D eigenvalue weighted by Gasteiger charge is -2.07. The molecular weight excluding hydrogens is 270 g/mol. The summed E-state index contributed by atoms with van der Waals surface area (Å²) in [5.74, 6) is 0.620. The Balaban J connectivity index is 2.23. The molecule has 1 aromatic heterocycles. The maximum Gasteiger partial charge on any atom is 0.308 e. The van der Waals surface area contributed by atoms with Crippen LogP contribution in [0.15, 0.2) is 42.7 Å². The highest BCUT2D eigenvalue weighted by Crippen LogP contribution is 2.22. The van der Waals surface area contributed by atoms with Gasteiger partial charge in [-0.05, 0) is 18.2 Å². The molecule has 0 unspecified atom stereocenters. The van der Waals surface area contributed by atoms with Crippen LogP contribution in [-0.2, 0) is 17.8 Å². The first-order chi connectivity index (χ1) is 10.1. The van der Waals surface area contributed by atoms with Gasteiger partial charge in [-0.3, -0.25) is 4.79 Å². The van der Waals surface area contributed by atoms with Crippen molar-refractivity contribution in [3.8, 4) is 11.5 Å². The Bertz CT molecular complexity index is 618. The molecule has 2 aromatic rings. The molecule has 0 amide bonds. The van der Waals surface area contributed by atoms with Gasteiger partial charge in [0.05, 0.1) is 20.6 Å². The summed E-state index contributed by atoms with van der Waals surface area (Å²) in [5, 5.41) is 8.84. The Hall–Kier alpha value is -2.56. The average Bonchev–Trinajstić information content (AvgIpc) is 2.46. The maximum atomic E-state index is 10.8. The Labute approximate surface area is 123 Å². The highest BCUT2D eigenvalue weighted by molar-refractivity contribution is 5.69. The highest BCUT2D eigenvalue weighted by atomic mass is 16.5. The number of ether oxygens (including phenoxy) is 2. The summed E-state index contributed by atoms with van der Waals surface area (Å²) in [5.41, 5.74) is 1.78. The van der Waals surface area contributed by atoms with Gasteiger partial charge in [-0.15, -0.1) is 0 Å². The molecule has 0 atom stereocenters. The summed E-state index contributed by atoms with van der Waals surface area (Å²) in [6.07, 6.45) is 3.75. The third-order valence-corrected chi connectivity index (χ3v) is 3.05. The second-order valence-corrected chi connectivity index (χ2v) is 4.68. The Morgan fingerprint density at radius 3 is 2.38 bits per heavy atom. The molecule has 1 heterocycles. The molecule has 5 nitrogen and oxygen atoms in total. The number of hydrogen-bond acceptors (Lipinski definition) is 3. The van der Waals surface area contributed by atoms with E-state index in [1.165, 1.54) is 0 Å². The lowest BCUT2D eigenvalue weighted by atomic mass is 10.1. The summed E-state index contributed by atoms with van der Waals surface area (Å²) < 4.78 is 12.4. The number of rotatable bonds is 6. The van der Waals surface area contributed by atoms with Gasteiger partial charge in [0.1, 0.15) is 11.5 Å². The van der Waals surface area contributed by atoms with Crippen molar-refractivity contribution >= 4 is 5.97 Å². The number of aromatic nitrogens is 1. The van der Waals surface area contributed by atoms with E-state index >= 15 is 0 Å². The minimum atomic E-state index is -0.837. The number of hydrogen-bond donors (Lipinski definition) is 1. The third-order valence-electron chi connectivity index (χ3n) is 3.05. The zero-order chi connectivity index (χ0) is 15.2. The molecule has 0 bridgehead atoms. The van der Waals surface area contributed by atoms with Crippen molar-refractivity contribution in [1.82, 2.24) is 0 Å². The number of pyridine rings is 1. The molecule has 0 fully saturated rings. The van der Waals surface area contributed by atoms with Crippen LogP contribution < -0.4 is 14.0 Å². The highest BCUT2D eigenvalue weighted by Gasteiger charge is 2.09. The number of benzene rings is 1. The van der Waals surface area contributed by atoms with Gasteiger partial charge in [-0.2, -0.15) is 0 Å². The van der Waals surface area contributed by atoms with Crippen LogP contribution in [-0.4, -0.2) is 25.3 Å². The van der Waals surface area contributed by atoms with E-state index < -0.39 is 5.97 Å². The summed E-state index contributed by atoms with van der Waals surface area (Å²) >= 11 is 0. The van der Waals surface area contributed by atoms with Crippen molar-refractivity contribution in [2.24, 2.45) is 0 Å². The van der Waals surface area contributed by atoms with E-state index in [0.29, 0.717) is 6.54 Å². The summed E-state index contributed by atoms with van der Waals surface area (Å²) in [6, 6.07) is 9.32. The Kier molecular flexibility index (Phi) is 4.77. The van der Waals surface area contributed by atoms with Gasteiger partial charge in [0, 0.05) is 23.3 Å². The number of carboxylic acids is 1. The van der Waals surface area contributed by atoms with E-state index in [-0.39, 0.29) is 6.42 Å². The molecule has 0 saturated heterocycles. The average molecular weight is 288 g/mol. The van der Waals surface area contributed by atoms with E-state index in [2.05, 4.69) is 0 Å². The normalized spacial score (nSPS) is 10.2. The first-order valence-electron chi connectivity index (χ1n) is 6.52. The molecule has 0 radical (unpaired) electrons. The first kappa shape index (κ1) is 14.8. The van der Waals surface area contributed by atoms with Gasteiger partial charge in [-0.1, -0.05) is 0 Å². The predicted octanol–water partition coefficient (Wildman–Crippen LogP) is 1.67. The number of aliphatic carboxylic acids is 1. The van der Waals surface area contributed by atoms with Crippen LogP contribution in [0.5, 0.6) is 11.5 Å². The van der Waals surface area contributed by atoms with Crippen LogP contribution in [0.3, 0.4) is 0 Å². The summed E-state index contributed by atoms with van der Waals surface area (Å²) in [6.45, 7) is 0.612. The van der Waals surface area contributed by atoms with Crippen molar-refractivity contribution in [3.63, 3.8) is 0 Å². The molecule has 1 N–H and O–H groups in total. The van der Waals surface area contributed by atoms with Crippen molar-refractivity contribution in [2.45, 2.75) is 13.0 Å². The molecule has 5 heteroatoms. The van der Waals surface area contributed by atoms with E-state index in [4.69, 9.17) is 14.6 Å². The van der Waals surface area contributed by atoms with Crippen LogP contribution >= 0.6 is 0 Å². The van der Waals surface area contributed by atoms with E-state index in [1.54, 1.807) is 20.3 Å². The fraction of sp³-hybridized carbons (Fsp3) is 0.250. The van der Waals surface area contributed by atoms with Gasteiger partial charge in [0.15, 0.2) is 18.9 Å². The van der Waals surface area contributed by atoms with E-state index in [0.717, 1.165) is 22.6 Å². The van der Waals surface area contributed by atoms with Crippen LogP contribution in [0.4, 0.5) is 0 Å². The quantitative estimate of drug-likeness (QED) is 0.821. The van der Waals surface area contributed by atoms with Gasteiger partial charge in [-0.25, -0.2) is 4.57 Å². The maximum absolute atomic E-state index is 10.8. The molecule has 0 aliphatic carbocycles. The number of carbonyl (C=O) groups is 1. The van der Waals surface area contributed by atoms with Gasteiger partial charge < -0.3 is 14.6 Å². The predicted molar refractivity (Wildman–Crippen MR) is 76.6 cm³/mol. The Morgan fingerprint density at radius 2 is 1.81 bits per heavy atom. The SMILES string of the molecule is COc1cc(C[n+]2cccc(CC(=O)O)c2)cc(OC)c1. The molecule has 0 aliphatic rings. The van der Waals surface area contributed by atoms with Gasteiger partial charge >= 0.3 is 5.97 Å². The summed E-state index contributed by atoms with van der Waals surface area (Å²) in [4.78, 5) is 10.8. The van der Waals surface area contributed by atoms with Crippen molar-refractivity contribution in [2.75, 3.05) is 14.2 Å². The minimum Gasteiger partial charge on any atom is -0.497 e. The fourth-order valence-corrected chi connectivity index (χ4v) is 2.12. The lowest BCUT2D eigenvalue weighted by Crippen LogP contribution is -2.34. The standard InChI is InChI=1S/C16H17NO4/c1-20-14-6-13(7-15(9-14)21-2)11-17-5-3-4-12(10-17)8-16(18)19/h3-7,9-10H,8,11H2,1-2H3/p+1. The number of carboxylic acid groups (broad SMARTS) is 1. The molecule has 0 aliphatic heterocycles. The minimum absolute atomic E-state index is 0.0161. The second kappa shape index (κ2) is 6.74. The zero-order valence-electron chi connectivity index (χ0n) is 12.1. The van der Waals surface area contributed by atoms with E-state index in [1.807, 2.05) is 41.2 Å². The third kappa shape index (κ3) is 4.21. The zero-order valence-corrected chi connectivity index (χ0v) is 12.1. The largest absolute Gasteiger partial charge is 0.497 e. The fourth-order valence-electron chi connectivity index (χ4n) is 2.12. The van der Waals surface area contributed by atoms with Crippen molar-refractivity contribution < 1.29 is 23.9 Å². The smallest absolute Gasteiger partial charge is 0.308 e. The molecular formula is C16H18NO4+. The van der Waals surface area contributed by atoms with Gasteiger partial charge in [0.2, 0.25) is 0 Å². The molecule has 0 spiro atoms. The lowest BCUT2D eigenvalue weighted by molar-refractivity contribution is -0.688. The second-order valence-electron chi connectivity index (χ2n) is 4.68. The van der Waals surface area contributed by atoms with E-state index in [9.17, 15) is 4.79 Å². The number of nitrogens with zero attached hydrogens (tertiary/aromatic N) is 1. The van der Waals surface area contributed by atoms with Crippen LogP contribution in [0, 0.1) is 0 Å². The monoisotopic (exact) mass is 288 g/mol.